The molecule has 1 aromatic carbocycles. The van der Waals surface area contributed by atoms with E-state index in [-0.39, 0.29) is 0 Å². The molecule has 18 heavy (non-hydrogen) atoms. The molecule has 1 aromatic rings. The maximum absolute atomic E-state index is 5.66. The quantitative estimate of drug-likeness (QED) is 0.665. The largest absolute Gasteiger partial charge is 0.376 e. The number of hydrogen-bond acceptors (Lipinski definition) is 3. The third-order valence-electron chi connectivity index (χ3n) is 2.72. The van der Waals surface area contributed by atoms with E-state index in [0.29, 0.717) is 25.7 Å². The van der Waals surface area contributed by atoms with E-state index in [1.54, 1.807) is 7.11 Å². The SMILES string of the molecule is COC(C)(C)OC[C@H](C)COCc1ccccc1. The van der Waals surface area contributed by atoms with E-state index in [1.165, 1.54) is 5.56 Å². The predicted molar refractivity (Wildman–Crippen MR) is 72.3 cm³/mol. The monoisotopic (exact) mass is 252 g/mol. The van der Waals surface area contributed by atoms with Crippen molar-refractivity contribution >= 4 is 0 Å². The van der Waals surface area contributed by atoms with Gasteiger partial charge in [-0.05, 0) is 19.4 Å². The third kappa shape index (κ3) is 6.15. The van der Waals surface area contributed by atoms with Gasteiger partial charge in [0.05, 0.1) is 19.8 Å². The fraction of sp³-hybridized carbons (Fsp3) is 0.600. The van der Waals surface area contributed by atoms with Gasteiger partial charge < -0.3 is 14.2 Å². The summed E-state index contributed by atoms with van der Waals surface area (Å²) >= 11 is 0. The molecule has 0 aliphatic rings. The second kappa shape index (κ2) is 7.52. The van der Waals surface area contributed by atoms with Crippen LogP contribution >= 0.6 is 0 Å². The Kier molecular flexibility index (Phi) is 6.33. The third-order valence-corrected chi connectivity index (χ3v) is 2.72. The Morgan fingerprint density at radius 1 is 1.11 bits per heavy atom. The molecule has 0 heterocycles. The minimum absolute atomic E-state index is 0.350. The fourth-order valence-corrected chi connectivity index (χ4v) is 1.40. The van der Waals surface area contributed by atoms with Crippen molar-refractivity contribution < 1.29 is 14.2 Å². The first-order valence-electron chi connectivity index (χ1n) is 6.34. The number of benzene rings is 1. The van der Waals surface area contributed by atoms with Crippen LogP contribution in [-0.2, 0) is 20.8 Å². The zero-order valence-corrected chi connectivity index (χ0v) is 11.8. The van der Waals surface area contributed by atoms with E-state index in [0.717, 1.165) is 0 Å². The molecular formula is C15H24O3. The van der Waals surface area contributed by atoms with Gasteiger partial charge in [0, 0.05) is 13.0 Å². The van der Waals surface area contributed by atoms with Crippen molar-refractivity contribution in [1.82, 2.24) is 0 Å². The van der Waals surface area contributed by atoms with E-state index >= 15 is 0 Å². The Morgan fingerprint density at radius 2 is 1.78 bits per heavy atom. The van der Waals surface area contributed by atoms with E-state index in [4.69, 9.17) is 14.2 Å². The van der Waals surface area contributed by atoms with Crippen LogP contribution < -0.4 is 0 Å². The Hall–Kier alpha value is -0.900. The lowest BCUT2D eigenvalue weighted by atomic mass is 10.2. The van der Waals surface area contributed by atoms with Crippen LogP contribution in [0, 0.1) is 5.92 Å². The molecule has 1 rings (SSSR count). The number of rotatable bonds is 8. The minimum Gasteiger partial charge on any atom is -0.376 e. The predicted octanol–water partition coefficient (Wildman–Crippen LogP) is 3.24. The highest BCUT2D eigenvalue weighted by atomic mass is 16.7. The standard InChI is InChI=1S/C15H24O3/c1-13(11-18-15(2,3)16-4)10-17-12-14-8-6-5-7-9-14/h5-9,13H,10-12H2,1-4H3/t13-/m1/s1. The summed E-state index contributed by atoms with van der Waals surface area (Å²) in [6.07, 6.45) is 0. The van der Waals surface area contributed by atoms with Crippen LogP contribution in [-0.4, -0.2) is 26.1 Å². The summed E-state index contributed by atoms with van der Waals surface area (Å²) in [4.78, 5) is 0. The number of hydrogen-bond donors (Lipinski definition) is 0. The van der Waals surface area contributed by atoms with Crippen molar-refractivity contribution in [2.24, 2.45) is 5.92 Å². The molecule has 0 aromatic heterocycles. The average Bonchev–Trinajstić information content (AvgIpc) is 2.38. The van der Waals surface area contributed by atoms with Crippen molar-refractivity contribution in [2.75, 3.05) is 20.3 Å². The Morgan fingerprint density at radius 3 is 2.39 bits per heavy atom. The van der Waals surface area contributed by atoms with Crippen LogP contribution in [0.1, 0.15) is 26.3 Å². The Labute approximate surface area is 110 Å². The molecule has 102 valence electrons. The van der Waals surface area contributed by atoms with Crippen LogP contribution in [0.3, 0.4) is 0 Å². The van der Waals surface area contributed by atoms with Gasteiger partial charge in [-0.3, -0.25) is 0 Å². The molecule has 0 N–H and O–H groups in total. The van der Waals surface area contributed by atoms with E-state index in [1.807, 2.05) is 32.0 Å². The summed E-state index contributed by atoms with van der Waals surface area (Å²) in [5.41, 5.74) is 1.20. The molecule has 3 heteroatoms. The highest BCUT2D eigenvalue weighted by Gasteiger charge is 2.17. The molecule has 0 saturated carbocycles. The normalized spacial score (nSPS) is 13.6. The highest BCUT2D eigenvalue weighted by molar-refractivity contribution is 5.13. The summed E-state index contributed by atoms with van der Waals surface area (Å²) in [5, 5.41) is 0. The smallest absolute Gasteiger partial charge is 0.162 e. The molecule has 0 spiro atoms. The molecule has 0 aliphatic heterocycles. The molecule has 0 amide bonds. The molecule has 3 nitrogen and oxygen atoms in total. The van der Waals surface area contributed by atoms with E-state index in [9.17, 15) is 0 Å². The molecule has 0 radical (unpaired) electrons. The van der Waals surface area contributed by atoms with Crippen molar-refractivity contribution in [3.63, 3.8) is 0 Å². The summed E-state index contributed by atoms with van der Waals surface area (Å²) in [6, 6.07) is 10.2. The summed E-state index contributed by atoms with van der Waals surface area (Å²) < 4.78 is 16.5. The maximum atomic E-state index is 5.66. The molecule has 0 bridgehead atoms. The maximum Gasteiger partial charge on any atom is 0.162 e. The summed E-state index contributed by atoms with van der Waals surface area (Å²) in [7, 11) is 1.65. The van der Waals surface area contributed by atoms with E-state index < -0.39 is 5.79 Å². The minimum atomic E-state index is -0.520. The highest BCUT2D eigenvalue weighted by Crippen LogP contribution is 2.12. The Balaban J connectivity index is 2.16. The van der Waals surface area contributed by atoms with Crippen LogP contribution in [0.25, 0.3) is 0 Å². The molecular weight excluding hydrogens is 228 g/mol. The topological polar surface area (TPSA) is 27.7 Å². The second-order valence-corrected chi connectivity index (χ2v) is 5.02. The van der Waals surface area contributed by atoms with Gasteiger partial charge in [0.15, 0.2) is 5.79 Å². The van der Waals surface area contributed by atoms with Crippen molar-refractivity contribution in [3.8, 4) is 0 Å². The Bertz CT molecular complexity index is 322. The van der Waals surface area contributed by atoms with Crippen molar-refractivity contribution in [2.45, 2.75) is 33.2 Å². The molecule has 1 atom stereocenters. The summed E-state index contributed by atoms with van der Waals surface area (Å²) in [6.45, 7) is 7.90. The van der Waals surface area contributed by atoms with Gasteiger partial charge in [-0.2, -0.15) is 0 Å². The van der Waals surface area contributed by atoms with Crippen molar-refractivity contribution in [1.29, 1.82) is 0 Å². The first kappa shape index (κ1) is 15.2. The average molecular weight is 252 g/mol. The number of methoxy groups -OCH3 is 1. The van der Waals surface area contributed by atoms with Gasteiger partial charge in [-0.25, -0.2) is 0 Å². The van der Waals surface area contributed by atoms with Gasteiger partial charge in [0.1, 0.15) is 0 Å². The van der Waals surface area contributed by atoms with Gasteiger partial charge in [0.2, 0.25) is 0 Å². The van der Waals surface area contributed by atoms with E-state index in [2.05, 4.69) is 19.1 Å². The zero-order valence-electron chi connectivity index (χ0n) is 11.8. The van der Waals surface area contributed by atoms with Gasteiger partial charge in [-0.1, -0.05) is 37.3 Å². The number of ether oxygens (including phenoxy) is 3. The van der Waals surface area contributed by atoms with Gasteiger partial charge in [-0.15, -0.1) is 0 Å². The van der Waals surface area contributed by atoms with Gasteiger partial charge >= 0.3 is 0 Å². The summed E-state index contributed by atoms with van der Waals surface area (Å²) in [5.74, 6) is -0.170. The van der Waals surface area contributed by atoms with Crippen LogP contribution in [0.4, 0.5) is 0 Å². The van der Waals surface area contributed by atoms with Crippen LogP contribution in [0.5, 0.6) is 0 Å². The molecule has 0 aliphatic carbocycles. The van der Waals surface area contributed by atoms with Crippen LogP contribution in [0.15, 0.2) is 30.3 Å². The zero-order chi connectivity index (χ0) is 13.4. The molecule has 0 fully saturated rings. The molecule has 0 saturated heterocycles. The first-order valence-corrected chi connectivity index (χ1v) is 6.34. The fourth-order valence-electron chi connectivity index (χ4n) is 1.40. The van der Waals surface area contributed by atoms with Crippen LogP contribution in [0.2, 0.25) is 0 Å². The molecule has 0 unspecified atom stereocenters. The van der Waals surface area contributed by atoms with Crippen molar-refractivity contribution in [3.05, 3.63) is 35.9 Å². The van der Waals surface area contributed by atoms with Gasteiger partial charge in [0.25, 0.3) is 0 Å². The lowest BCUT2D eigenvalue weighted by molar-refractivity contribution is -0.205. The lowest BCUT2D eigenvalue weighted by Gasteiger charge is -2.25. The first-order chi connectivity index (χ1) is 8.53. The lowest BCUT2D eigenvalue weighted by Crippen LogP contribution is -2.29. The second-order valence-electron chi connectivity index (χ2n) is 5.02.